The number of anilines is 1. The van der Waals surface area contributed by atoms with E-state index in [4.69, 9.17) is 0 Å². The van der Waals surface area contributed by atoms with Crippen LogP contribution in [0.2, 0.25) is 0 Å². The number of halogens is 1. The lowest BCUT2D eigenvalue weighted by molar-refractivity contribution is -0.117. The molecule has 0 spiro atoms. The van der Waals surface area contributed by atoms with Crippen molar-refractivity contribution in [1.82, 2.24) is 4.72 Å². The van der Waals surface area contributed by atoms with E-state index in [-0.39, 0.29) is 11.3 Å². The van der Waals surface area contributed by atoms with E-state index in [1.165, 1.54) is 12.1 Å². The summed E-state index contributed by atoms with van der Waals surface area (Å²) >= 11 is 3.30. The minimum absolute atomic E-state index is 0.101. The molecule has 3 rings (SSSR count). The van der Waals surface area contributed by atoms with Crippen molar-refractivity contribution in [3.05, 3.63) is 94.0 Å². The maximum absolute atomic E-state index is 13.1. The number of rotatable bonds is 7. The fraction of sp³-hybridized carbons (Fsp3) is 0.174. The van der Waals surface area contributed by atoms with E-state index < -0.39 is 22.0 Å². The SMILES string of the molecule is Cc1cccc(C)c1NC(=O)C(Cc1ccccc1)NS(=O)(=O)c1ccc(Br)cc1. The van der Waals surface area contributed by atoms with Gasteiger partial charge in [0.25, 0.3) is 0 Å². The Morgan fingerprint density at radius 1 is 0.900 bits per heavy atom. The van der Waals surface area contributed by atoms with Crippen molar-refractivity contribution in [2.45, 2.75) is 31.2 Å². The topological polar surface area (TPSA) is 75.3 Å². The highest BCUT2D eigenvalue weighted by atomic mass is 79.9. The van der Waals surface area contributed by atoms with Gasteiger partial charge < -0.3 is 5.32 Å². The van der Waals surface area contributed by atoms with Crippen LogP contribution in [-0.4, -0.2) is 20.4 Å². The summed E-state index contributed by atoms with van der Waals surface area (Å²) in [6.07, 6.45) is 0.230. The Balaban J connectivity index is 1.90. The standard InChI is InChI=1S/C23H23BrN2O3S/c1-16-7-6-8-17(2)22(16)25-23(27)21(15-18-9-4-3-5-10-18)26-30(28,29)20-13-11-19(24)12-14-20/h3-14,21,26H,15H2,1-2H3,(H,25,27). The molecule has 156 valence electrons. The molecule has 1 unspecified atom stereocenters. The third kappa shape index (κ3) is 5.56. The molecule has 30 heavy (non-hydrogen) atoms. The molecule has 3 aromatic carbocycles. The average molecular weight is 487 g/mol. The van der Waals surface area contributed by atoms with Crippen molar-refractivity contribution < 1.29 is 13.2 Å². The Kier molecular flexibility index (Phi) is 7.07. The van der Waals surface area contributed by atoms with Crippen LogP contribution in [0.25, 0.3) is 0 Å². The highest BCUT2D eigenvalue weighted by molar-refractivity contribution is 9.10. The molecule has 0 aliphatic heterocycles. The maximum atomic E-state index is 13.1. The number of para-hydroxylation sites is 1. The number of carbonyl (C=O) groups excluding carboxylic acids is 1. The van der Waals surface area contributed by atoms with Gasteiger partial charge >= 0.3 is 0 Å². The second-order valence-corrected chi connectivity index (χ2v) is 9.70. The molecule has 0 saturated heterocycles. The van der Waals surface area contributed by atoms with Crippen LogP contribution in [0.1, 0.15) is 16.7 Å². The van der Waals surface area contributed by atoms with E-state index in [0.717, 1.165) is 21.2 Å². The van der Waals surface area contributed by atoms with Crippen molar-refractivity contribution in [1.29, 1.82) is 0 Å². The van der Waals surface area contributed by atoms with Crippen LogP contribution in [0.5, 0.6) is 0 Å². The van der Waals surface area contributed by atoms with Crippen LogP contribution in [0.15, 0.2) is 82.2 Å². The molecule has 0 aliphatic rings. The summed E-state index contributed by atoms with van der Waals surface area (Å²) in [5.74, 6) is -0.406. The van der Waals surface area contributed by atoms with Gasteiger partial charge in [0.05, 0.1) is 4.90 Å². The summed E-state index contributed by atoms with van der Waals surface area (Å²) in [6.45, 7) is 3.81. The predicted molar refractivity (Wildman–Crippen MR) is 123 cm³/mol. The van der Waals surface area contributed by atoms with E-state index in [0.29, 0.717) is 5.69 Å². The molecular weight excluding hydrogens is 464 g/mol. The Bertz CT molecular complexity index is 1110. The van der Waals surface area contributed by atoms with Gasteiger partial charge in [-0.3, -0.25) is 4.79 Å². The van der Waals surface area contributed by atoms with Crippen molar-refractivity contribution in [3.8, 4) is 0 Å². The lowest BCUT2D eigenvalue weighted by Gasteiger charge is -2.20. The van der Waals surface area contributed by atoms with Gasteiger partial charge in [-0.05, 0) is 61.2 Å². The predicted octanol–water partition coefficient (Wildman–Crippen LogP) is 4.59. The number of benzene rings is 3. The van der Waals surface area contributed by atoms with Gasteiger partial charge in [0.1, 0.15) is 6.04 Å². The van der Waals surface area contributed by atoms with Gasteiger partial charge in [0.2, 0.25) is 15.9 Å². The molecule has 0 aromatic heterocycles. The Morgan fingerprint density at radius 2 is 1.50 bits per heavy atom. The van der Waals surface area contributed by atoms with Crippen LogP contribution in [0.4, 0.5) is 5.69 Å². The summed E-state index contributed by atoms with van der Waals surface area (Å²) in [6, 6.07) is 20.4. The van der Waals surface area contributed by atoms with Gasteiger partial charge in [-0.2, -0.15) is 4.72 Å². The number of hydrogen-bond acceptors (Lipinski definition) is 3. The summed E-state index contributed by atoms with van der Waals surface area (Å²) < 4.78 is 29.2. The molecule has 2 N–H and O–H groups in total. The summed E-state index contributed by atoms with van der Waals surface area (Å²) in [5, 5.41) is 2.91. The number of aryl methyl sites for hydroxylation is 2. The normalized spacial score (nSPS) is 12.4. The second-order valence-electron chi connectivity index (χ2n) is 7.07. The van der Waals surface area contributed by atoms with Crippen LogP contribution < -0.4 is 10.0 Å². The van der Waals surface area contributed by atoms with Gasteiger partial charge in [-0.1, -0.05) is 64.5 Å². The zero-order valence-corrected chi connectivity index (χ0v) is 19.1. The molecule has 0 aliphatic carbocycles. The van der Waals surface area contributed by atoms with Crippen LogP contribution in [0.3, 0.4) is 0 Å². The van der Waals surface area contributed by atoms with E-state index >= 15 is 0 Å². The van der Waals surface area contributed by atoms with Crippen molar-refractivity contribution >= 4 is 37.5 Å². The fourth-order valence-corrected chi connectivity index (χ4v) is 4.59. The molecule has 1 atom stereocenters. The fourth-order valence-electron chi connectivity index (χ4n) is 3.13. The number of nitrogens with one attached hydrogen (secondary N) is 2. The first-order chi connectivity index (χ1) is 14.3. The lowest BCUT2D eigenvalue weighted by atomic mass is 10.0. The molecule has 7 heteroatoms. The van der Waals surface area contributed by atoms with Crippen LogP contribution >= 0.6 is 15.9 Å². The van der Waals surface area contributed by atoms with E-state index in [1.54, 1.807) is 12.1 Å². The molecule has 0 fully saturated rings. The summed E-state index contributed by atoms with van der Waals surface area (Å²) in [4.78, 5) is 13.2. The first kappa shape index (κ1) is 22.2. The highest BCUT2D eigenvalue weighted by Gasteiger charge is 2.26. The molecule has 3 aromatic rings. The zero-order valence-electron chi connectivity index (χ0n) is 16.7. The number of sulfonamides is 1. The third-order valence-electron chi connectivity index (χ3n) is 4.75. The molecule has 0 saturated carbocycles. The molecule has 0 radical (unpaired) electrons. The van der Waals surface area contributed by atoms with Crippen molar-refractivity contribution in [2.24, 2.45) is 0 Å². The molecular formula is C23H23BrN2O3S. The second kappa shape index (κ2) is 9.55. The average Bonchev–Trinajstić information content (AvgIpc) is 2.71. The zero-order chi connectivity index (χ0) is 21.7. The van der Waals surface area contributed by atoms with Crippen molar-refractivity contribution in [3.63, 3.8) is 0 Å². The smallest absolute Gasteiger partial charge is 0.242 e. The Hall–Kier alpha value is -2.48. The van der Waals surface area contributed by atoms with Gasteiger partial charge in [-0.15, -0.1) is 0 Å². The number of carbonyl (C=O) groups is 1. The first-order valence-electron chi connectivity index (χ1n) is 9.45. The highest BCUT2D eigenvalue weighted by Crippen LogP contribution is 2.21. The lowest BCUT2D eigenvalue weighted by Crippen LogP contribution is -2.45. The van der Waals surface area contributed by atoms with Crippen LogP contribution in [0, 0.1) is 13.8 Å². The maximum Gasteiger partial charge on any atom is 0.242 e. The molecule has 0 bridgehead atoms. The van der Waals surface area contributed by atoms with E-state index in [1.807, 2.05) is 62.4 Å². The minimum Gasteiger partial charge on any atom is -0.324 e. The Morgan fingerprint density at radius 3 is 2.10 bits per heavy atom. The monoisotopic (exact) mass is 486 g/mol. The Labute approximate surface area is 185 Å². The van der Waals surface area contributed by atoms with Crippen molar-refractivity contribution in [2.75, 3.05) is 5.32 Å². The summed E-state index contributed by atoms with van der Waals surface area (Å²) in [7, 11) is -3.89. The number of amides is 1. The minimum atomic E-state index is -3.89. The molecule has 5 nitrogen and oxygen atoms in total. The molecule has 0 heterocycles. The number of hydrogen-bond donors (Lipinski definition) is 2. The van der Waals surface area contributed by atoms with Gasteiger partial charge in [0.15, 0.2) is 0 Å². The van der Waals surface area contributed by atoms with E-state index in [9.17, 15) is 13.2 Å². The van der Waals surface area contributed by atoms with Gasteiger partial charge in [-0.25, -0.2) is 8.42 Å². The van der Waals surface area contributed by atoms with E-state index in [2.05, 4.69) is 26.0 Å². The largest absolute Gasteiger partial charge is 0.324 e. The van der Waals surface area contributed by atoms with Gasteiger partial charge in [0, 0.05) is 10.2 Å². The quantitative estimate of drug-likeness (QED) is 0.512. The summed E-state index contributed by atoms with van der Waals surface area (Å²) in [5.41, 5.74) is 3.39. The molecule has 1 amide bonds. The third-order valence-corrected chi connectivity index (χ3v) is 6.77. The first-order valence-corrected chi connectivity index (χ1v) is 11.7. The van der Waals surface area contributed by atoms with Crippen LogP contribution in [-0.2, 0) is 21.2 Å².